The topological polar surface area (TPSA) is 166 Å². The molecule has 1 fully saturated rings. The summed E-state index contributed by atoms with van der Waals surface area (Å²) >= 11 is 0. The van der Waals surface area contributed by atoms with Crippen LogP contribution < -0.4 is 26.6 Å². The first kappa shape index (κ1) is 40.3. The summed E-state index contributed by atoms with van der Waals surface area (Å²) in [5.41, 5.74) is 0.195. The zero-order valence-corrected chi connectivity index (χ0v) is 29.4. The number of aliphatic carboxylic acids is 1. The van der Waals surface area contributed by atoms with Gasteiger partial charge in [0.25, 0.3) is 0 Å². The number of rotatable bonds is 19. The smallest absolute Gasteiger partial charge is 0.326 e. The zero-order chi connectivity index (χ0) is 34.4. The minimum Gasteiger partial charge on any atom is -0.480 e. The fourth-order valence-corrected chi connectivity index (χ4v) is 5.64. The van der Waals surface area contributed by atoms with Gasteiger partial charge in [-0.1, -0.05) is 53.9 Å². The molecule has 0 aliphatic heterocycles. The van der Waals surface area contributed by atoms with Crippen LogP contribution in [0.5, 0.6) is 0 Å². The van der Waals surface area contributed by atoms with Crippen molar-refractivity contribution in [2.75, 3.05) is 6.54 Å². The Labute approximate surface area is 271 Å². The van der Waals surface area contributed by atoms with Crippen molar-refractivity contribution in [1.82, 2.24) is 26.6 Å². The van der Waals surface area contributed by atoms with E-state index in [1.165, 1.54) is 6.92 Å². The molecule has 45 heavy (non-hydrogen) atoms. The van der Waals surface area contributed by atoms with E-state index in [0.29, 0.717) is 25.8 Å². The highest BCUT2D eigenvalue weighted by molar-refractivity contribution is 5.93. The van der Waals surface area contributed by atoms with Crippen molar-refractivity contribution in [2.24, 2.45) is 17.3 Å². The summed E-state index contributed by atoms with van der Waals surface area (Å²) in [4.78, 5) is 62.9. The molecule has 0 spiro atoms. The standard InChI is InChI=1S/C34H63N5O6/c1-22(2)28(38-27(40)19-11-10-13-20-33(4,5)6)31(43)36-23(3)29(41)37-26(32(44)45)17-12-14-21-35-30(42)24-16-15-18-25(24)39-34(7,8)9/h22-26,28,39H,10-21H2,1-9H3,(H,35,42)(H,36,43)(H,37,41)(H,38,40)(H,44,45)/t23-,24+,25-,26-,28-/m0/s1. The Morgan fingerprint density at radius 1 is 0.800 bits per heavy atom. The highest BCUT2D eigenvalue weighted by Gasteiger charge is 2.35. The molecular weight excluding hydrogens is 574 g/mol. The third kappa shape index (κ3) is 17.0. The number of amides is 4. The number of nitrogens with one attached hydrogen (secondary N) is 5. The van der Waals surface area contributed by atoms with Crippen LogP contribution in [-0.2, 0) is 24.0 Å². The van der Waals surface area contributed by atoms with Gasteiger partial charge >= 0.3 is 5.97 Å². The molecule has 1 aliphatic carbocycles. The maximum atomic E-state index is 13.0. The number of carboxylic acids is 1. The maximum absolute atomic E-state index is 13.0. The van der Waals surface area contributed by atoms with Gasteiger partial charge in [-0.15, -0.1) is 0 Å². The largest absolute Gasteiger partial charge is 0.480 e. The second kappa shape index (κ2) is 19.1. The second-order valence-electron chi connectivity index (χ2n) is 15.4. The highest BCUT2D eigenvalue weighted by Crippen LogP contribution is 2.27. The van der Waals surface area contributed by atoms with E-state index in [4.69, 9.17) is 0 Å². The molecule has 1 rings (SSSR count). The van der Waals surface area contributed by atoms with E-state index in [0.717, 1.165) is 44.9 Å². The molecule has 0 bridgehead atoms. The number of hydrogen-bond acceptors (Lipinski definition) is 6. The molecule has 0 radical (unpaired) electrons. The van der Waals surface area contributed by atoms with Gasteiger partial charge in [0, 0.05) is 24.5 Å². The lowest BCUT2D eigenvalue weighted by molar-refractivity contribution is -0.142. The Morgan fingerprint density at radius 3 is 2.04 bits per heavy atom. The molecule has 260 valence electrons. The van der Waals surface area contributed by atoms with Crippen LogP contribution in [0, 0.1) is 17.3 Å². The molecule has 1 aliphatic rings. The quantitative estimate of drug-likeness (QED) is 0.116. The van der Waals surface area contributed by atoms with Gasteiger partial charge in [0.15, 0.2) is 0 Å². The summed E-state index contributed by atoms with van der Waals surface area (Å²) in [5.74, 6) is -2.72. The number of hydrogen-bond donors (Lipinski definition) is 6. The van der Waals surface area contributed by atoms with Gasteiger partial charge in [-0.3, -0.25) is 19.2 Å². The summed E-state index contributed by atoms with van der Waals surface area (Å²) in [6.07, 6.45) is 8.23. The Kier molecular flexibility index (Phi) is 17.1. The molecule has 0 saturated heterocycles. The fraction of sp³-hybridized carbons (Fsp3) is 0.853. The van der Waals surface area contributed by atoms with Crippen LogP contribution in [0.1, 0.15) is 133 Å². The number of carbonyl (C=O) groups is 5. The van der Waals surface area contributed by atoms with Crippen LogP contribution in [0.2, 0.25) is 0 Å². The molecule has 0 unspecified atom stereocenters. The summed E-state index contributed by atoms with van der Waals surface area (Å²) in [6.45, 7) is 18.4. The molecule has 11 nitrogen and oxygen atoms in total. The average molecular weight is 638 g/mol. The third-order valence-electron chi connectivity index (χ3n) is 8.15. The van der Waals surface area contributed by atoms with E-state index >= 15 is 0 Å². The Morgan fingerprint density at radius 2 is 1.47 bits per heavy atom. The van der Waals surface area contributed by atoms with E-state index < -0.39 is 35.9 Å². The summed E-state index contributed by atoms with van der Waals surface area (Å²) in [6, 6.07) is -2.77. The van der Waals surface area contributed by atoms with Gasteiger partial charge < -0.3 is 31.7 Å². The van der Waals surface area contributed by atoms with Gasteiger partial charge in [0.1, 0.15) is 18.1 Å². The molecule has 4 amide bonds. The molecule has 6 N–H and O–H groups in total. The molecule has 0 aromatic heterocycles. The Bertz CT molecular complexity index is 971. The molecule has 0 aromatic carbocycles. The van der Waals surface area contributed by atoms with Crippen molar-refractivity contribution < 1.29 is 29.1 Å². The van der Waals surface area contributed by atoms with E-state index in [-0.39, 0.29) is 47.1 Å². The van der Waals surface area contributed by atoms with Crippen molar-refractivity contribution in [2.45, 2.75) is 163 Å². The lowest BCUT2D eigenvalue weighted by atomic mass is 9.89. The van der Waals surface area contributed by atoms with Gasteiger partial charge in [-0.05, 0) is 84.0 Å². The number of carbonyl (C=O) groups excluding carboxylic acids is 4. The van der Waals surface area contributed by atoms with Crippen molar-refractivity contribution in [1.29, 1.82) is 0 Å². The summed E-state index contributed by atoms with van der Waals surface area (Å²) in [7, 11) is 0. The van der Waals surface area contributed by atoms with E-state index in [2.05, 4.69) is 68.1 Å². The van der Waals surface area contributed by atoms with Crippen molar-refractivity contribution in [3.63, 3.8) is 0 Å². The summed E-state index contributed by atoms with van der Waals surface area (Å²) in [5, 5.41) is 24.1. The van der Waals surface area contributed by atoms with E-state index in [9.17, 15) is 29.1 Å². The predicted octanol–water partition coefficient (Wildman–Crippen LogP) is 4.04. The molecule has 1 saturated carbocycles. The fourth-order valence-electron chi connectivity index (χ4n) is 5.64. The Hall–Kier alpha value is -2.69. The minimum atomic E-state index is -1.16. The van der Waals surface area contributed by atoms with Crippen LogP contribution in [0.3, 0.4) is 0 Å². The van der Waals surface area contributed by atoms with Crippen LogP contribution in [0.25, 0.3) is 0 Å². The second-order valence-corrected chi connectivity index (χ2v) is 15.4. The van der Waals surface area contributed by atoms with Crippen LogP contribution >= 0.6 is 0 Å². The number of unbranched alkanes of at least 4 members (excludes halogenated alkanes) is 3. The average Bonchev–Trinajstić information content (AvgIpc) is 3.35. The van der Waals surface area contributed by atoms with Gasteiger partial charge in [-0.25, -0.2) is 4.79 Å². The lowest BCUT2D eigenvalue weighted by Gasteiger charge is -2.29. The maximum Gasteiger partial charge on any atom is 0.326 e. The molecular formula is C34H63N5O6. The normalized spacial score (nSPS) is 19.0. The molecule has 11 heteroatoms. The van der Waals surface area contributed by atoms with Gasteiger partial charge in [-0.2, -0.15) is 0 Å². The SMILES string of the molecule is CC(C)[C@H](NC(=O)CCCCCC(C)(C)C)C(=O)N[C@@H](C)C(=O)N[C@@H](CCCCNC(=O)[C@@H]1CCC[C@@H]1NC(C)(C)C)C(=O)O. The monoisotopic (exact) mass is 637 g/mol. The van der Waals surface area contributed by atoms with Crippen molar-refractivity contribution in [3.8, 4) is 0 Å². The highest BCUT2D eigenvalue weighted by atomic mass is 16.4. The molecule has 0 heterocycles. The first-order valence-electron chi connectivity index (χ1n) is 17.0. The Balaban J connectivity index is 2.48. The van der Waals surface area contributed by atoms with Gasteiger partial charge in [0.2, 0.25) is 23.6 Å². The first-order chi connectivity index (χ1) is 20.8. The third-order valence-corrected chi connectivity index (χ3v) is 8.15. The predicted molar refractivity (Wildman–Crippen MR) is 177 cm³/mol. The zero-order valence-electron chi connectivity index (χ0n) is 29.4. The molecule has 0 aromatic rings. The van der Waals surface area contributed by atoms with E-state index in [1.54, 1.807) is 0 Å². The van der Waals surface area contributed by atoms with Crippen LogP contribution in [0.4, 0.5) is 0 Å². The lowest BCUT2D eigenvalue weighted by Crippen LogP contribution is -2.56. The summed E-state index contributed by atoms with van der Waals surface area (Å²) < 4.78 is 0. The van der Waals surface area contributed by atoms with Crippen LogP contribution in [0.15, 0.2) is 0 Å². The molecule has 5 atom stereocenters. The minimum absolute atomic E-state index is 0.0221. The van der Waals surface area contributed by atoms with E-state index in [1.807, 2.05) is 13.8 Å². The van der Waals surface area contributed by atoms with Crippen LogP contribution in [-0.4, -0.2) is 71.0 Å². The number of carboxylic acid groups (broad SMARTS) is 1. The van der Waals surface area contributed by atoms with Crippen molar-refractivity contribution >= 4 is 29.6 Å². The first-order valence-corrected chi connectivity index (χ1v) is 17.0. The van der Waals surface area contributed by atoms with Crippen molar-refractivity contribution in [3.05, 3.63) is 0 Å². The van der Waals surface area contributed by atoms with Gasteiger partial charge in [0.05, 0.1) is 5.92 Å².